The Kier molecular flexibility index (Phi) is 20.2. The number of allylic oxidation sites excluding steroid dienone is 5. The van der Waals surface area contributed by atoms with Gasteiger partial charge in [-0.15, -0.1) is 0 Å². The van der Waals surface area contributed by atoms with Gasteiger partial charge >= 0.3 is 0 Å². The summed E-state index contributed by atoms with van der Waals surface area (Å²) in [6.45, 7) is 14.4. The van der Waals surface area contributed by atoms with E-state index < -0.39 is 62.0 Å². The van der Waals surface area contributed by atoms with Crippen molar-refractivity contribution in [2.75, 3.05) is 40.4 Å². The SMILES string of the molecule is CCC1=C(CC)/C2=C/C3=NC(=Cc4[nH]c(c(C)c4CC)Cc4[nH]c(c(CC)c4C)C=c4[nH]c(c(CCC(=O)N(C)CC(O)C(O)C(O)C(O)CO)c4C)=CC1=N2)C(C)=C3CCC(=O)N(C)CC(O)C(O)C(O)C(O)CO. The maximum Gasteiger partial charge on any atom is 0.222 e. The van der Waals surface area contributed by atoms with Gasteiger partial charge in [0.25, 0.3) is 0 Å². The molecule has 3 aromatic rings. The van der Waals surface area contributed by atoms with Crippen LogP contribution >= 0.6 is 0 Å². The molecule has 0 aliphatic carbocycles. The van der Waals surface area contributed by atoms with Gasteiger partial charge in [0.2, 0.25) is 11.8 Å². The Hall–Kier alpha value is -5.58. The number of nitrogens with zero attached hydrogens (tertiary/aromatic N) is 4. The van der Waals surface area contributed by atoms with E-state index in [0.29, 0.717) is 31.4 Å². The number of aromatic amines is 3. The van der Waals surface area contributed by atoms with Gasteiger partial charge in [-0.1, -0.05) is 27.7 Å². The Bertz CT molecular complexity index is 2950. The summed E-state index contributed by atoms with van der Waals surface area (Å²) in [6, 6.07) is 0. The van der Waals surface area contributed by atoms with Gasteiger partial charge in [0, 0.05) is 79.9 Å². The van der Waals surface area contributed by atoms with Crippen molar-refractivity contribution < 1.29 is 60.7 Å². The topological polar surface area (TPSA) is 315 Å². The quantitative estimate of drug-likeness (QED) is 0.0671. The van der Waals surface area contributed by atoms with E-state index in [0.717, 1.165) is 114 Å². The molecule has 0 radical (unpaired) electrons. The molecule has 3 aliphatic rings. The number of carbonyl (C=O) groups excluding carboxylic acids is 2. The number of carbonyl (C=O) groups is 2. The lowest BCUT2D eigenvalue weighted by Gasteiger charge is -2.28. The van der Waals surface area contributed by atoms with Crippen LogP contribution in [0.25, 0.3) is 18.2 Å². The summed E-state index contributed by atoms with van der Waals surface area (Å²) in [4.78, 5) is 51.8. The highest BCUT2D eigenvalue weighted by molar-refractivity contribution is 6.24. The second kappa shape index (κ2) is 25.7. The molecule has 2 amide bonds. The number of nitrogens with one attached hydrogen (secondary N) is 3. The number of hydrogen-bond acceptors (Lipinski definition) is 14. The minimum atomic E-state index is -1.83. The van der Waals surface area contributed by atoms with Crippen LogP contribution in [0, 0.1) is 20.8 Å². The van der Waals surface area contributed by atoms with Crippen molar-refractivity contribution in [3.8, 4) is 0 Å². The number of fused-ring (bicyclic) bond motifs is 8. The molecular weight excluding hydrogens is 975 g/mol. The van der Waals surface area contributed by atoms with E-state index in [-0.39, 0.29) is 44.2 Å². The number of rotatable bonds is 22. The fourth-order valence-corrected chi connectivity index (χ4v) is 10.7. The number of likely N-dealkylation sites (N-methyl/N-ethyl adjacent to an activating group) is 2. The molecule has 0 saturated carbocycles. The number of H-pyrrole nitrogens is 3. The monoisotopic (exact) mass is 1060 g/mol. The Morgan fingerprint density at radius 1 is 0.526 bits per heavy atom. The maximum atomic E-state index is 13.7. The third-order valence-corrected chi connectivity index (χ3v) is 15.6. The van der Waals surface area contributed by atoms with Crippen LogP contribution in [-0.2, 0) is 35.3 Å². The van der Waals surface area contributed by atoms with E-state index >= 15 is 0 Å². The molecule has 19 heteroatoms. The van der Waals surface area contributed by atoms with Crippen molar-refractivity contribution in [3.63, 3.8) is 0 Å². The standard InChI is InChI=1S/C57H81N7O12/c1-11-32-28(5)38-19-39-29(6)33(12-2)43(59-39)21-41-31(8)37(16-18-53(72)64(10)25-49(68)55(74)57(76)51(70)27-66)47(61-41)23-45-35(14-4)34(13-3)44(62-45)22-46-36(30(7)40(60-46)20-42(32)58-38)15-17-52(71)63(9)24-48(67)54(73)56(75)50(69)26-65/h20-23,48-51,54-60,65-70,73-76H,11-19,24-27H2,1-10H3/b40-20?,41-21?,45-23-,46-22?. The predicted molar refractivity (Wildman–Crippen MR) is 292 cm³/mol. The zero-order chi connectivity index (χ0) is 56.0. The second-order valence-electron chi connectivity index (χ2n) is 20.4. The molecule has 3 aromatic heterocycles. The maximum absolute atomic E-state index is 13.7. The molecule has 13 N–H and O–H groups in total. The summed E-state index contributed by atoms with van der Waals surface area (Å²) in [5.41, 5.74) is 17.1. The summed E-state index contributed by atoms with van der Waals surface area (Å²) >= 11 is 0. The van der Waals surface area contributed by atoms with Crippen LogP contribution in [0.4, 0.5) is 0 Å². The molecule has 0 saturated heterocycles. The van der Waals surface area contributed by atoms with Gasteiger partial charge in [-0.3, -0.25) is 9.59 Å². The fourth-order valence-electron chi connectivity index (χ4n) is 10.7. The van der Waals surface area contributed by atoms with E-state index in [4.69, 9.17) is 9.98 Å². The van der Waals surface area contributed by atoms with Crippen molar-refractivity contribution in [1.29, 1.82) is 0 Å². The van der Waals surface area contributed by atoms with Gasteiger partial charge in [0.1, 0.15) is 48.8 Å². The predicted octanol–water partition coefficient (Wildman–Crippen LogP) is 1.00. The summed E-state index contributed by atoms with van der Waals surface area (Å²) in [6.07, 6.45) is -1.58. The molecule has 0 spiro atoms. The van der Waals surface area contributed by atoms with Crippen molar-refractivity contribution >= 4 is 41.5 Å². The van der Waals surface area contributed by atoms with Crippen LogP contribution in [0.15, 0.2) is 49.7 Å². The van der Waals surface area contributed by atoms with Gasteiger partial charge < -0.3 is 75.8 Å². The molecule has 76 heavy (non-hydrogen) atoms. The van der Waals surface area contributed by atoms with E-state index in [9.17, 15) is 60.7 Å². The average Bonchev–Trinajstić information content (AvgIpc) is 4.16. The smallest absolute Gasteiger partial charge is 0.222 e. The Balaban J connectivity index is 1.47. The Morgan fingerprint density at radius 3 is 1.47 bits per heavy atom. The largest absolute Gasteiger partial charge is 0.394 e. The van der Waals surface area contributed by atoms with Gasteiger partial charge in [-0.2, -0.15) is 0 Å². The van der Waals surface area contributed by atoms with Crippen LogP contribution in [0.2, 0.25) is 0 Å². The number of aliphatic imine (C=N–C) groups is 2. The molecule has 8 atom stereocenters. The van der Waals surface area contributed by atoms with Crippen molar-refractivity contribution in [1.82, 2.24) is 24.8 Å². The lowest BCUT2D eigenvalue weighted by Crippen LogP contribution is -2.50. The normalized spacial score (nSPS) is 18.6. The fraction of sp³-hybridized carbons (Fsp3) is 0.544. The number of hydrogen-bond donors (Lipinski definition) is 13. The first-order chi connectivity index (χ1) is 36.0. The highest BCUT2D eigenvalue weighted by Gasteiger charge is 2.34. The Labute approximate surface area is 444 Å². The minimum absolute atomic E-state index is 0.0124. The molecule has 6 heterocycles. The highest BCUT2D eigenvalue weighted by atomic mass is 16.4. The van der Waals surface area contributed by atoms with Crippen LogP contribution in [0.1, 0.15) is 123 Å². The summed E-state index contributed by atoms with van der Waals surface area (Å²) in [5.74, 6) is -0.677. The lowest BCUT2D eigenvalue weighted by atomic mass is 9.96. The molecule has 416 valence electrons. The summed E-state index contributed by atoms with van der Waals surface area (Å²) in [5, 5.41) is 102. The van der Waals surface area contributed by atoms with E-state index in [2.05, 4.69) is 68.6 Å². The van der Waals surface area contributed by atoms with Crippen molar-refractivity contribution in [3.05, 3.63) is 107 Å². The first-order valence-electron chi connectivity index (χ1n) is 26.5. The first kappa shape index (κ1) is 59.7. The van der Waals surface area contributed by atoms with Crippen LogP contribution in [-0.4, -0.2) is 188 Å². The van der Waals surface area contributed by atoms with Crippen molar-refractivity contribution in [2.24, 2.45) is 9.98 Å². The number of aliphatic hydroxyl groups is 10. The van der Waals surface area contributed by atoms with Crippen LogP contribution in [0.5, 0.6) is 0 Å². The Morgan fingerprint density at radius 2 is 0.987 bits per heavy atom. The summed E-state index contributed by atoms with van der Waals surface area (Å²) in [7, 11) is 2.97. The molecule has 0 fully saturated rings. The zero-order valence-corrected chi connectivity index (χ0v) is 45.7. The molecule has 8 unspecified atom stereocenters. The minimum Gasteiger partial charge on any atom is -0.394 e. The van der Waals surface area contributed by atoms with Crippen LogP contribution < -0.4 is 10.7 Å². The number of aliphatic hydroxyl groups excluding tert-OH is 10. The molecule has 3 aliphatic heterocycles. The van der Waals surface area contributed by atoms with E-state index in [1.807, 2.05) is 26.0 Å². The zero-order valence-electron chi connectivity index (χ0n) is 45.7. The third kappa shape index (κ3) is 12.7. The number of amides is 2. The van der Waals surface area contributed by atoms with Gasteiger partial charge in [0.05, 0.1) is 36.0 Å². The van der Waals surface area contributed by atoms with E-state index in [1.165, 1.54) is 29.5 Å². The second-order valence-corrected chi connectivity index (χ2v) is 20.4. The van der Waals surface area contributed by atoms with Gasteiger partial charge in [0.15, 0.2) is 0 Å². The summed E-state index contributed by atoms with van der Waals surface area (Å²) < 4.78 is 0. The number of aromatic nitrogens is 3. The van der Waals surface area contributed by atoms with Crippen molar-refractivity contribution in [2.45, 2.75) is 162 Å². The first-order valence-corrected chi connectivity index (χ1v) is 26.5. The molecular formula is C57H81N7O12. The molecule has 19 nitrogen and oxygen atoms in total. The van der Waals surface area contributed by atoms with E-state index in [1.54, 1.807) is 0 Å². The molecule has 10 bridgehead atoms. The molecule has 0 aromatic carbocycles. The third-order valence-electron chi connectivity index (χ3n) is 15.6. The molecule has 6 rings (SSSR count). The van der Waals surface area contributed by atoms with Gasteiger partial charge in [-0.25, -0.2) is 9.98 Å². The van der Waals surface area contributed by atoms with Crippen LogP contribution in [0.3, 0.4) is 0 Å². The lowest BCUT2D eigenvalue weighted by molar-refractivity contribution is -0.138. The van der Waals surface area contributed by atoms with Gasteiger partial charge in [-0.05, 0) is 146 Å². The highest BCUT2D eigenvalue weighted by Crippen LogP contribution is 2.36. The average molecular weight is 1060 g/mol.